The molecule has 0 aliphatic carbocycles. The van der Waals surface area contributed by atoms with Crippen molar-refractivity contribution < 1.29 is 5.11 Å². The van der Waals surface area contributed by atoms with Gasteiger partial charge in [0.05, 0.1) is 5.56 Å². The zero-order chi connectivity index (χ0) is 17.5. The lowest BCUT2D eigenvalue weighted by molar-refractivity contribution is 0.477. The summed E-state index contributed by atoms with van der Waals surface area (Å²) in [6, 6.07) is 23.2. The van der Waals surface area contributed by atoms with Crippen molar-refractivity contribution in [2.75, 3.05) is 0 Å². The SMILES string of the molecule is Oc1ccccc1-c1nnc2c(-c3ccccc3)cc3cccnc3n12. The number of phenols is 1. The number of para-hydroxylation sites is 1. The third kappa shape index (κ3) is 2.14. The van der Waals surface area contributed by atoms with Gasteiger partial charge in [0.25, 0.3) is 0 Å². The molecule has 5 aromatic rings. The number of aromatic nitrogens is 4. The molecule has 0 saturated heterocycles. The van der Waals surface area contributed by atoms with Gasteiger partial charge < -0.3 is 5.11 Å². The van der Waals surface area contributed by atoms with E-state index in [9.17, 15) is 5.11 Å². The predicted molar refractivity (Wildman–Crippen MR) is 101 cm³/mol. The highest BCUT2D eigenvalue weighted by Gasteiger charge is 2.18. The Hall–Kier alpha value is -3.73. The molecule has 2 aromatic carbocycles. The first-order chi connectivity index (χ1) is 12.8. The van der Waals surface area contributed by atoms with Gasteiger partial charge in [-0.25, -0.2) is 4.98 Å². The highest BCUT2D eigenvalue weighted by molar-refractivity contribution is 5.91. The minimum atomic E-state index is 0.163. The van der Waals surface area contributed by atoms with Crippen LogP contribution < -0.4 is 0 Å². The van der Waals surface area contributed by atoms with Crippen LogP contribution in [0.2, 0.25) is 0 Å². The molecule has 3 aromatic heterocycles. The van der Waals surface area contributed by atoms with E-state index in [0.717, 1.165) is 22.2 Å². The Kier molecular flexibility index (Phi) is 3.18. The van der Waals surface area contributed by atoms with Crippen LogP contribution in [-0.4, -0.2) is 24.7 Å². The maximum atomic E-state index is 10.3. The van der Waals surface area contributed by atoms with E-state index in [2.05, 4.69) is 21.2 Å². The van der Waals surface area contributed by atoms with Crippen LogP contribution in [0.15, 0.2) is 79.0 Å². The van der Waals surface area contributed by atoms with E-state index in [1.54, 1.807) is 18.3 Å². The largest absolute Gasteiger partial charge is 0.507 e. The molecular formula is C21H14N4O. The van der Waals surface area contributed by atoms with Crippen LogP contribution in [0.5, 0.6) is 5.75 Å². The number of pyridine rings is 2. The molecule has 0 spiro atoms. The molecule has 0 radical (unpaired) electrons. The number of hydrogen-bond acceptors (Lipinski definition) is 4. The molecule has 26 heavy (non-hydrogen) atoms. The highest BCUT2D eigenvalue weighted by atomic mass is 16.3. The van der Waals surface area contributed by atoms with Gasteiger partial charge in [-0.15, -0.1) is 10.2 Å². The molecule has 3 heterocycles. The molecule has 5 heteroatoms. The summed E-state index contributed by atoms with van der Waals surface area (Å²) in [5, 5.41) is 20.1. The number of fused-ring (bicyclic) bond motifs is 3. The second-order valence-corrected chi connectivity index (χ2v) is 6.04. The molecule has 5 rings (SSSR count). The number of benzene rings is 2. The van der Waals surface area contributed by atoms with E-state index < -0.39 is 0 Å². The quantitative estimate of drug-likeness (QED) is 0.521. The Balaban J connectivity index is 1.94. The van der Waals surface area contributed by atoms with E-state index in [1.807, 2.05) is 59.0 Å². The predicted octanol–water partition coefficient (Wildman–Crippen LogP) is 4.32. The first-order valence-electron chi connectivity index (χ1n) is 8.29. The van der Waals surface area contributed by atoms with Gasteiger partial charge in [0.2, 0.25) is 0 Å². The van der Waals surface area contributed by atoms with E-state index >= 15 is 0 Å². The zero-order valence-electron chi connectivity index (χ0n) is 13.7. The van der Waals surface area contributed by atoms with Crippen molar-refractivity contribution in [3.05, 3.63) is 79.0 Å². The highest BCUT2D eigenvalue weighted by Crippen LogP contribution is 2.33. The summed E-state index contributed by atoms with van der Waals surface area (Å²) in [4.78, 5) is 4.53. The molecule has 0 fully saturated rings. The van der Waals surface area contributed by atoms with Gasteiger partial charge in [-0.2, -0.15) is 0 Å². The summed E-state index contributed by atoms with van der Waals surface area (Å²) in [6.07, 6.45) is 1.75. The van der Waals surface area contributed by atoms with Crippen LogP contribution in [0.25, 0.3) is 39.2 Å². The maximum absolute atomic E-state index is 10.3. The zero-order valence-corrected chi connectivity index (χ0v) is 13.7. The normalized spacial score (nSPS) is 11.2. The van der Waals surface area contributed by atoms with Crippen LogP contribution in [-0.2, 0) is 0 Å². The average Bonchev–Trinajstić information content (AvgIpc) is 3.14. The molecule has 1 N–H and O–H groups in total. The van der Waals surface area contributed by atoms with Crippen molar-refractivity contribution >= 4 is 16.7 Å². The number of phenolic OH excluding ortho intramolecular Hbond substituents is 1. The molecule has 124 valence electrons. The summed E-state index contributed by atoms with van der Waals surface area (Å²) in [5.41, 5.74) is 4.11. The molecular weight excluding hydrogens is 324 g/mol. The fraction of sp³-hybridized carbons (Fsp3) is 0. The Morgan fingerprint density at radius 3 is 2.38 bits per heavy atom. The lowest BCUT2D eigenvalue weighted by Gasteiger charge is -2.09. The van der Waals surface area contributed by atoms with Crippen molar-refractivity contribution in [1.29, 1.82) is 0 Å². The number of aromatic hydroxyl groups is 1. The fourth-order valence-corrected chi connectivity index (χ4v) is 3.26. The van der Waals surface area contributed by atoms with Gasteiger partial charge in [0.15, 0.2) is 11.5 Å². The summed E-state index contributed by atoms with van der Waals surface area (Å²) in [6.45, 7) is 0. The Morgan fingerprint density at radius 1 is 0.731 bits per heavy atom. The first-order valence-corrected chi connectivity index (χ1v) is 8.29. The second-order valence-electron chi connectivity index (χ2n) is 6.04. The Labute approximate surface area is 149 Å². The molecule has 0 amide bonds. The average molecular weight is 338 g/mol. The third-order valence-electron chi connectivity index (χ3n) is 4.46. The van der Waals surface area contributed by atoms with E-state index in [0.29, 0.717) is 17.0 Å². The van der Waals surface area contributed by atoms with E-state index in [-0.39, 0.29) is 5.75 Å². The maximum Gasteiger partial charge on any atom is 0.173 e. The van der Waals surface area contributed by atoms with Crippen LogP contribution in [0, 0.1) is 0 Å². The van der Waals surface area contributed by atoms with E-state index in [4.69, 9.17) is 0 Å². The van der Waals surface area contributed by atoms with Gasteiger partial charge in [0.1, 0.15) is 11.4 Å². The number of nitrogens with zero attached hydrogens (tertiary/aromatic N) is 4. The van der Waals surface area contributed by atoms with Gasteiger partial charge in [-0.1, -0.05) is 42.5 Å². The van der Waals surface area contributed by atoms with Crippen LogP contribution in [0.3, 0.4) is 0 Å². The molecule has 0 atom stereocenters. The van der Waals surface area contributed by atoms with Gasteiger partial charge in [-0.3, -0.25) is 4.40 Å². The smallest absolute Gasteiger partial charge is 0.173 e. The van der Waals surface area contributed by atoms with Crippen LogP contribution >= 0.6 is 0 Å². The monoisotopic (exact) mass is 338 g/mol. The summed E-state index contributed by atoms with van der Waals surface area (Å²) in [7, 11) is 0. The van der Waals surface area contributed by atoms with E-state index in [1.165, 1.54) is 0 Å². The Bertz CT molecular complexity index is 1250. The molecule has 5 nitrogen and oxygen atoms in total. The van der Waals surface area contributed by atoms with Crippen molar-refractivity contribution in [3.63, 3.8) is 0 Å². The minimum absolute atomic E-state index is 0.163. The summed E-state index contributed by atoms with van der Waals surface area (Å²) < 4.78 is 1.91. The Morgan fingerprint density at radius 2 is 1.54 bits per heavy atom. The third-order valence-corrected chi connectivity index (χ3v) is 4.46. The summed E-state index contributed by atoms with van der Waals surface area (Å²) in [5.74, 6) is 0.732. The van der Waals surface area contributed by atoms with Gasteiger partial charge in [0, 0.05) is 17.1 Å². The topological polar surface area (TPSA) is 63.3 Å². The second kappa shape index (κ2) is 5.67. The summed E-state index contributed by atoms with van der Waals surface area (Å²) >= 11 is 0. The molecule has 0 unspecified atom stereocenters. The molecule has 0 saturated carbocycles. The van der Waals surface area contributed by atoms with Crippen LogP contribution in [0.1, 0.15) is 0 Å². The fourth-order valence-electron chi connectivity index (χ4n) is 3.26. The van der Waals surface area contributed by atoms with Crippen molar-refractivity contribution in [2.24, 2.45) is 0 Å². The number of rotatable bonds is 2. The van der Waals surface area contributed by atoms with Crippen molar-refractivity contribution in [2.45, 2.75) is 0 Å². The van der Waals surface area contributed by atoms with Gasteiger partial charge >= 0.3 is 0 Å². The lowest BCUT2D eigenvalue weighted by atomic mass is 10.1. The standard InChI is InChI=1S/C21H14N4O/c26-18-11-5-4-10-16(18)20-23-24-21-17(14-7-2-1-3-8-14)13-15-9-6-12-22-19(15)25(20)21/h1-13,26H. The van der Waals surface area contributed by atoms with Gasteiger partial charge in [-0.05, 0) is 35.9 Å². The molecule has 0 bridgehead atoms. The molecule has 0 aliphatic rings. The number of hydrogen-bond donors (Lipinski definition) is 1. The minimum Gasteiger partial charge on any atom is -0.507 e. The molecule has 0 aliphatic heterocycles. The first kappa shape index (κ1) is 14.6. The van der Waals surface area contributed by atoms with Crippen molar-refractivity contribution in [3.8, 4) is 28.3 Å². The lowest BCUT2D eigenvalue weighted by Crippen LogP contribution is -1.97. The van der Waals surface area contributed by atoms with Crippen molar-refractivity contribution in [1.82, 2.24) is 19.6 Å². The van der Waals surface area contributed by atoms with Crippen LogP contribution in [0.4, 0.5) is 0 Å².